The minimum absolute atomic E-state index is 0.288. The summed E-state index contributed by atoms with van der Waals surface area (Å²) in [6.45, 7) is 5.02. The second kappa shape index (κ2) is 4.28. The quantitative estimate of drug-likeness (QED) is 0.848. The van der Waals surface area contributed by atoms with E-state index >= 15 is 0 Å². The summed E-state index contributed by atoms with van der Waals surface area (Å²) in [5.74, 6) is -0.396. The van der Waals surface area contributed by atoms with E-state index in [0.717, 1.165) is 31.5 Å². The first-order valence-electron chi connectivity index (χ1n) is 5.88. The summed E-state index contributed by atoms with van der Waals surface area (Å²) in [7, 11) is 0. The van der Waals surface area contributed by atoms with Gasteiger partial charge in [0.2, 0.25) is 0 Å². The Labute approximate surface area is 95.3 Å². The number of aryl methyl sites for hydroxylation is 2. The number of carbonyl (C=O) groups is 1. The van der Waals surface area contributed by atoms with Crippen molar-refractivity contribution in [1.82, 2.24) is 9.78 Å². The highest BCUT2D eigenvalue weighted by molar-refractivity contribution is 5.67. The van der Waals surface area contributed by atoms with Crippen LogP contribution >= 0.6 is 0 Å². The summed E-state index contributed by atoms with van der Waals surface area (Å²) in [6, 6.07) is 0. The normalized spacial score (nSPS) is 19.5. The van der Waals surface area contributed by atoms with Gasteiger partial charge >= 0.3 is 5.97 Å². The Hall–Kier alpha value is -1.32. The van der Waals surface area contributed by atoms with Gasteiger partial charge in [0.1, 0.15) is 0 Å². The first-order valence-corrected chi connectivity index (χ1v) is 5.88. The Morgan fingerprint density at radius 3 is 3.00 bits per heavy atom. The molecular weight excluding hydrogens is 204 g/mol. The zero-order valence-electron chi connectivity index (χ0n) is 9.86. The predicted molar refractivity (Wildman–Crippen MR) is 60.4 cm³/mol. The van der Waals surface area contributed by atoms with Crippen LogP contribution in [0.15, 0.2) is 0 Å². The van der Waals surface area contributed by atoms with Crippen molar-refractivity contribution in [3.8, 4) is 0 Å². The van der Waals surface area contributed by atoms with Crippen molar-refractivity contribution in [2.24, 2.45) is 5.92 Å². The lowest BCUT2D eigenvalue weighted by molar-refractivity contribution is -0.138. The standard InChI is InChI=1S/C12H18N2O2/c1-3-14-11-5-4-9(7-12(15)16)6-10(11)8(2)13-14/h9H,3-7H2,1-2H3,(H,15,16). The van der Waals surface area contributed by atoms with Gasteiger partial charge in [0, 0.05) is 18.7 Å². The molecule has 1 aromatic rings. The zero-order chi connectivity index (χ0) is 11.7. The molecule has 0 spiro atoms. The number of nitrogens with zero attached hydrogens (tertiary/aromatic N) is 2. The van der Waals surface area contributed by atoms with E-state index in [9.17, 15) is 4.79 Å². The molecule has 0 amide bonds. The highest BCUT2D eigenvalue weighted by atomic mass is 16.4. The van der Waals surface area contributed by atoms with E-state index in [1.807, 2.05) is 6.92 Å². The summed E-state index contributed by atoms with van der Waals surface area (Å²) in [4.78, 5) is 10.7. The molecule has 4 nitrogen and oxygen atoms in total. The topological polar surface area (TPSA) is 55.1 Å². The Morgan fingerprint density at radius 2 is 2.38 bits per heavy atom. The summed E-state index contributed by atoms with van der Waals surface area (Å²) < 4.78 is 2.06. The van der Waals surface area contributed by atoms with Gasteiger partial charge in [-0.05, 0) is 44.6 Å². The first-order chi connectivity index (χ1) is 7.61. The van der Waals surface area contributed by atoms with Gasteiger partial charge in [0.15, 0.2) is 0 Å². The fraction of sp³-hybridized carbons (Fsp3) is 0.667. The van der Waals surface area contributed by atoms with E-state index in [0.29, 0.717) is 5.92 Å². The number of hydrogen-bond donors (Lipinski definition) is 1. The van der Waals surface area contributed by atoms with E-state index in [1.54, 1.807) is 0 Å². The molecule has 1 N–H and O–H groups in total. The maximum atomic E-state index is 10.7. The van der Waals surface area contributed by atoms with Crippen molar-refractivity contribution in [2.75, 3.05) is 0 Å². The Kier molecular flexibility index (Phi) is 2.99. The molecule has 16 heavy (non-hydrogen) atoms. The molecule has 0 radical (unpaired) electrons. The minimum atomic E-state index is -0.686. The number of rotatable bonds is 3. The SMILES string of the molecule is CCn1nc(C)c2c1CCC(CC(=O)O)C2. The number of carboxylic acids is 1. The summed E-state index contributed by atoms with van der Waals surface area (Å²) in [5, 5.41) is 13.3. The van der Waals surface area contributed by atoms with Crippen molar-refractivity contribution < 1.29 is 9.90 Å². The summed E-state index contributed by atoms with van der Waals surface area (Å²) in [6.07, 6.45) is 3.12. The number of fused-ring (bicyclic) bond motifs is 1. The fourth-order valence-corrected chi connectivity index (χ4v) is 2.63. The predicted octanol–water partition coefficient (Wildman–Crippen LogP) is 1.79. The Morgan fingerprint density at radius 1 is 1.62 bits per heavy atom. The molecule has 2 rings (SSSR count). The van der Waals surface area contributed by atoms with Crippen LogP contribution in [0, 0.1) is 12.8 Å². The lowest BCUT2D eigenvalue weighted by Gasteiger charge is -2.21. The summed E-state index contributed by atoms with van der Waals surface area (Å²) in [5.41, 5.74) is 3.69. The molecule has 1 unspecified atom stereocenters. The molecule has 4 heteroatoms. The van der Waals surface area contributed by atoms with Crippen LogP contribution in [0.25, 0.3) is 0 Å². The maximum Gasteiger partial charge on any atom is 0.303 e. The van der Waals surface area contributed by atoms with Crippen molar-refractivity contribution >= 4 is 5.97 Å². The molecule has 1 heterocycles. The van der Waals surface area contributed by atoms with Gasteiger partial charge in [-0.25, -0.2) is 0 Å². The molecule has 0 bridgehead atoms. The zero-order valence-corrected chi connectivity index (χ0v) is 9.86. The van der Waals surface area contributed by atoms with Gasteiger partial charge in [0.25, 0.3) is 0 Å². The Balaban J connectivity index is 2.20. The smallest absolute Gasteiger partial charge is 0.303 e. The van der Waals surface area contributed by atoms with Crippen molar-refractivity contribution in [1.29, 1.82) is 0 Å². The summed E-state index contributed by atoms with van der Waals surface area (Å²) >= 11 is 0. The fourth-order valence-electron chi connectivity index (χ4n) is 2.63. The average molecular weight is 222 g/mol. The highest BCUT2D eigenvalue weighted by Gasteiger charge is 2.25. The molecule has 0 fully saturated rings. The highest BCUT2D eigenvalue weighted by Crippen LogP contribution is 2.29. The number of carboxylic acid groups (broad SMARTS) is 1. The van der Waals surface area contributed by atoms with Crippen molar-refractivity contribution in [3.05, 3.63) is 17.0 Å². The largest absolute Gasteiger partial charge is 0.481 e. The van der Waals surface area contributed by atoms with Crippen molar-refractivity contribution in [2.45, 2.75) is 46.1 Å². The number of aliphatic carboxylic acids is 1. The van der Waals surface area contributed by atoms with Crippen LogP contribution in [-0.2, 0) is 24.2 Å². The third-order valence-corrected chi connectivity index (χ3v) is 3.41. The van der Waals surface area contributed by atoms with Crippen LogP contribution in [0.1, 0.15) is 36.7 Å². The molecule has 1 aliphatic rings. The molecule has 0 saturated carbocycles. The van der Waals surface area contributed by atoms with Gasteiger partial charge in [-0.1, -0.05) is 0 Å². The monoisotopic (exact) mass is 222 g/mol. The van der Waals surface area contributed by atoms with Crippen LogP contribution in [0.4, 0.5) is 0 Å². The molecule has 0 aromatic carbocycles. The van der Waals surface area contributed by atoms with E-state index in [1.165, 1.54) is 11.3 Å². The number of aromatic nitrogens is 2. The van der Waals surface area contributed by atoms with Gasteiger partial charge in [-0.3, -0.25) is 9.48 Å². The van der Waals surface area contributed by atoms with Crippen LogP contribution in [0.3, 0.4) is 0 Å². The van der Waals surface area contributed by atoms with Crippen LogP contribution in [0.2, 0.25) is 0 Å². The van der Waals surface area contributed by atoms with Crippen LogP contribution in [0.5, 0.6) is 0 Å². The minimum Gasteiger partial charge on any atom is -0.481 e. The molecule has 0 saturated heterocycles. The molecule has 1 aliphatic carbocycles. The molecular formula is C12H18N2O2. The second-order valence-electron chi connectivity index (χ2n) is 4.53. The van der Waals surface area contributed by atoms with Gasteiger partial charge in [-0.15, -0.1) is 0 Å². The lowest BCUT2D eigenvalue weighted by Crippen LogP contribution is -2.19. The third kappa shape index (κ3) is 1.96. The molecule has 1 aromatic heterocycles. The molecule has 88 valence electrons. The van der Waals surface area contributed by atoms with Gasteiger partial charge in [-0.2, -0.15) is 5.10 Å². The van der Waals surface area contributed by atoms with E-state index in [2.05, 4.69) is 16.7 Å². The van der Waals surface area contributed by atoms with Crippen LogP contribution < -0.4 is 0 Å². The molecule has 0 aliphatic heterocycles. The first kappa shape index (κ1) is 11.2. The van der Waals surface area contributed by atoms with Gasteiger partial charge in [0.05, 0.1) is 5.69 Å². The molecule has 1 atom stereocenters. The van der Waals surface area contributed by atoms with E-state index in [-0.39, 0.29) is 6.42 Å². The maximum absolute atomic E-state index is 10.7. The third-order valence-electron chi connectivity index (χ3n) is 3.41. The van der Waals surface area contributed by atoms with Crippen molar-refractivity contribution in [3.63, 3.8) is 0 Å². The number of hydrogen-bond acceptors (Lipinski definition) is 2. The average Bonchev–Trinajstić information content (AvgIpc) is 2.55. The lowest BCUT2D eigenvalue weighted by atomic mass is 9.84. The Bertz CT molecular complexity index is 409. The second-order valence-corrected chi connectivity index (χ2v) is 4.53. The van der Waals surface area contributed by atoms with Crippen LogP contribution in [-0.4, -0.2) is 20.9 Å². The van der Waals surface area contributed by atoms with E-state index in [4.69, 9.17) is 5.11 Å². The van der Waals surface area contributed by atoms with E-state index < -0.39 is 5.97 Å². The van der Waals surface area contributed by atoms with Gasteiger partial charge < -0.3 is 5.11 Å².